The minimum atomic E-state index is -0.155. The van der Waals surface area contributed by atoms with E-state index >= 15 is 0 Å². The van der Waals surface area contributed by atoms with Crippen molar-refractivity contribution in [1.29, 1.82) is 0 Å². The number of hydrogen-bond acceptors (Lipinski definition) is 1. The van der Waals surface area contributed by atoms with Crippen LogP contribution in [0.25, 0.3) is 10.9 Å². The molecule has 0 saturated carbocycles. The molecule has 2 aromatic rings. The number of likely N-dealkylation sites (tertiary alicyclic amines) is 1. The molecule has 2 heterocycles. The molecule has 3 rings (SSSR count). The van der Waals surface area contributed by atoms with Gasteiger partial charge in [-0.15, -0.1) is 0 Å². The quantitative estimate of drug-likeness (QED) is 0.843. The van der Waals surface area contributed by atoms with E-state index in [1.54, 1.807) is 6.07 Å². The van der Waals surface area contributed by atoms with E-state index in [-0.39, 0.29) is 5.82 Å². The third-order valence-electron chi connectivity index (χ3n) is 3.86. The Morgan fingerprint density at radius 1 is 1.47 bits per heavy atom. The van der Waals surface area contributed by atoms with Gasteiger partial charge in [-0.3, -0.25) is 0 Å². The zero-order valence-electron chi connectivity index (χ0n) is 10.0. The minimum Gasteiger partial charge on any atom is -0.361 e. The second-order valence-corrected chi connectivity index (χ2v) is 4.98. The van der Waals surface area contributed by atoms with Crippen molar-refractivity contribution in [2.75, 3.05) is 13.6 Å². The van der Waals surface area contributed by atoms with E-state index in [0.717, 1.165) is 17.3 Å². The molecule has 2 nitrogen and oxygen atoms in total. The van der Waals surface area contributed by atoms with Crippen LogP contribution in [0, 0.1) is 5.82 Å². The zero-order valence-corrected chi connectivity index (χ0v) is 10.0. The molecular formula is C14H17FN2. The fraction of sp³-hybridized carbons (Fsp3) is 0.429. The molecule has 1 atom stereocenters. The van der Waals surface area contributed by atoms with Crippen LogP contribution in [0.1, 0.15) is 18.4 Å². The van der Waals surface area contributed by atoms with Crippen molar-refractivity contribution >= 4 is 10.9 Å². The van der Waals surface area contributed by atoms with Crippen LogP contribution in [0.4, 0.5) is 4.39 Å². The molecule has 3 heteroatoms. The van der Waals surface area contributed by atoms with Gasteiger partial charge in [-0.25, -0.2) is 4.39 Å². The molecule has 1 fully saturated rings. The first-order valence-corrected chi connectivity index (χ1v) is 6.20. The average Bonchev–Trinajstić information content (AvgIpc) is 2.88. The van der Waals surface area contributed by atoms with Gasteiger partial charge in [0.2, 0.25) is 0 Å². The van der Waals surface area contributed by atoms with E-state index < -0.39 is 0 Å². The third-order valence-corrected chi connectivity index (χ3v) is 3.86. The standard InChI is InChI=1S/C14H17FN2/c1-17-6-2-3-12(17)7-10-9-16-14-5-4-11(15)8-13(10)14/h4-5,8-9,12,16H,2-3,6-7H2,1H3/t12-/m0/s1. The molecule has 0 amide bonds. The Morgan fingerprint density at radius 2 is 2.35 bits per heavy atom. The number of nitrogens with zero attached hydrogens (tertiary/aromatic N) is 1. The maximum atomic E-state index is 13.3. The summed E-state index contributed by atoms with van der Waals surface area (Å²) < 4.78 is 13.3. The summed E-state index contributed by atoms with van der Waals surface area (Å²) in [6.45, 7) is 1.18. The lowest BCUT2D eigenvalue weighted by Crippen LogP contribution is -2.26. The summed E-state index contributed by atoms with van der Waals surface area (Å²) in [4.78, 5) is 5.62. The van der Waals surface area contributed by atoms with Gasteiger partial charge in [0, 0.05) is 23.1 Å². The van der Waals surface area contributed by atoms with Gasteiger partial charge in [0.1, 0.15) is 5.82 Å². The first-order chi connectivity index (χ1) is 8.24. The van der Waals surface area contributed by atoms with Gasteiger partial charge < -0.3 is 9.88 Å². The number of H-pyrrole nitrogens is 1. The van der Waals surface area contributed by atoms with Crippen molar-refractivity contribution in [3.8, 4) is 0 Å². The van der Waals surface area contributed by atoms with E-state index in [1.807, 2.05) is 12.3 Å². The lowest BCUT2D eigenvalue weighted by atomic mass is 10.0. The summed E-state index contributed by atoms with van der Waals surface area (Å²) in [6, 6.07) is 5.56. The molecule has 1 aliphatic heterocycles. The number of likely N-dealkylation sites (N-methyl/N-ethyl adjacent to an activating group) is 1. The van der Waals surface area contributed by atoms with Crippen molar-refractivity contribution in [3.63, 3.8) is 0 Å². The minimum absolute atomic E-state index is 0.155. The van der Waals surface area contributed by atoms with Crippen molar-refractivity contribution < 1.29 is 4.39 Å². The first-order valence-electron chi connectivity index (χ1n) is 6.20. The Morgan fingerprint density at radius 3 is 3.12 bits per heavy atom. The Labute approximate surface area is 100 Å². The lowest BCUT2D eigenvalue weighted by Gasteiger charge is -2.18. The highest BCUT2D eigenvalue weighted by Crippen LogP contribution is 2.25. The lowest BCUT2D eigenvalue weighted by molar-refractivity contribution is 0.310. The summed E-state index contributed by atoms with van der Waals surface area (Å²) in [7, 11) is 2.17. The molecule has 0 bridgehead atoms. The molecule has 1 aromatic carbocycles. The van der Waals surface area contributed by atoms with Crippen LogP contribution >= 0.6 is 0 Å². The van der Waals surface area contributed by atoms with Gasteiger partial charge in [0.25, 0.3) is 0 Å². The maximum absolute atomic E-state index is 13.3. The normalized spacial score (nSPS) is 21.4. The number of aromatic nitrogens is 1. The topological polar surface area (TPSA) is 19.0 Å². The molecule has 1 aromatic heterocycles. The van der Waals surface area contributed by atoms with Crippen LogP contribution in [-0.4, -0.2) is 29.5 Å². The number of halogens is 1. The number of benzene rings is 1. The molecule has 0 spiro atoms. The number of hydrogen-bond donors (Lipinski definition) is 1. The third kappa shape index (κ3) is 1.95. The molecule has 1 N–H and O–H groups in total. The van der Waals surface area contributed by atoms with Crippen molar-refractivity contribution in [1.82, 2.24) is 9.88 Å². The van der Waals surface area contributed by atoms with Crippen LogP contribution < -0.4 is 0 Å². The highest BCUT2D eigenvalue weighted by Gasteiger charge is 2.22. The first kappa shape index (κ1) is 10.8. The van der Waals surface area contributed by atoms with Crippen molar-refractivity contribution in [2.45, 2.75) is 25.3 Å². The molecule has 1 saturated heterocycles. The van der Waals surface area contributed by atoms with Gasteiger partial charge in [0.15, 0.2) is 0 Å². The number of aromatic amines is 1. The van der Waals surface area contributed by atoms with Crippen LogP contribution in [0.5, 0.6) is 0 Å². The number of fused-ring (bicyclic) bond motifs is 1. The molecule has 0 unspecified atom stereocenters. The van der Waals surface area contributed by atoms with Crippen LogP contribution in [-0.2, 0) is 6.42 Å². The second-order valence-electron chi connectivity index (χ2n) is 4.98. The Bertz CT molecular complexity index is 532. The van der Waals surface area contributed by atoms with E-state index in [2.05, 4.69) is 16.9 Å². The molecule has 90 valence electrons. The Hall–Kier alpha value is -1.35. The fourth-order valence-electron chi connectivity index (χ4n) is 2.81. The smallest absolute Gasteiger partial charge is 0.123 e. The second kappa shape index (κ2) is 4.15. The fourth-order valence-corrected chi connectivity index (χ4v) is 2.81. The number of nitrogens with one attached hydrogen (secondary N) is 1. The molecule has 17 heavy (non-hydrogen) atoms. The molecule has 0 aliphatic carbocycles. The van der Waals surface area contributed by atoms with Gasteiger partial charge in [0.05, 0.1) is 0 Å². The van der Waals surface area contributed by atoms with Gasteiger partial charge >= 0.3 is 0 Å². The Kier molecular flexibility index (Phi) is 2.63. The van der Waals surface area contributed by atoms with Crippen molar-refractivity contribution in [2.24, 2.45) is 0 Å². The largest absolute Gasteiger partial charge is 0.361 e. The zero-order chi connectivity index (χ0) is 11.8. The monoisotopic (exact) mass is 232 g/mol. The average molecular weight is 232 g/mol. The highest BCUT2D eigenvalue weighted by molar-refractivity contribution is 5.83. The molecule has 0 radical (unpaired) electrons. The summed E-state index contributed by atoms with van der Waals surface area (Å²) >= 11 is 0. The van der Waals surface area contributed by atoms with E-state index in [4.69, 9.17) is 0 Å². The van der Waals surface area contributed by atoms with Crippen LogP contribution in [0.2, 0.25) is 0 Å². The highest BCUT2D eigenvalue weighted by atomic mass is 19.1. The van der Waals surface area contributed by atoms with E-state index in [1.165, 1.54) is 31.0 Å². The maximum Gasteiger partial charge on any atom is 0.123 e. The number of rotatable bonds is 2. The van der Waals surface area contributed by atoms with Crippen LogP contribution in [0.15, 0.2) is 24.4 Å². The molecular weight excluding hydrogens is 215 g/mol. The SMILES string of the molecule is CN1CCC[C@H]1Cc1c[nH]c2ccc(F)cc12. The predicted molar refractivity (Wildman–Crippen MR) is 67.6 cm³/mol. The summed E-state index contributed by atoms with van der Waals surface area (Å²) in [5.74, 6) is -0.155. The summed E-state index contributed by atoms with van der Waals surface area (Å²) in [5, 5.41) is 1.03. The predicted octanol–water partition coefficient (Wildman–Crippen LogP) is 2.94. The van der Waals surface area contributed by atoms with E-state index in [0.29, 0.717) is 6.04 Å². The molecule has 1 aliphatic rings. The van der Waals surface area contributed by atoms with E-state index in [9.17, 15) is 4.39 Å². The van der Waals surface area contributed by atoms with Crippen molar-refractivity contribution in [3.05, 3.63) is 35.8 Å². The van der Waals surface area contributed by atoms with Crippen LogP contribution in [0.3, 0.4) is 0 Å². The van der Waals surface area contributed by atoms with Gasteiger partial charge in [-0.05, 0) is 56.6 Å². The summed E-state index contributed by atoms with van der Waals surface area (Å²) in [6.07, 6.45) is 5.56. The van der Waals surface area contributed by atoms with Gasteiger partial charge in [-0.1, -0.05) is 0 Å². The van der Waals surface area contributed by atoms with Gasteiger partial charge in [-0.2, -0.15) is 0 Å². The summed E-state index contributed by atoms with van der Waals surface area (Å²) in [5.41, 5.74) is 2.26. The Balaban J connectivity index is 1.92.